The first-order valence-electron chi connectivity index (χ1n) is 12.3. The summed E-state index contributed by atoms with van der Waals surface area (Å²) in [4.78, 5) is 2.70. The Morgan fingerprint density at radius 2 is 1.23 bits per heavy atom. The molecular weight excluding hydrogens is 427 g/mol. The van der Waals surface area contributed by atoms with Crippen molar-refractivity contribution in [2.45, 2.75) is 122 Å². The Bertz CT molecular complexity index is 513. The van der Waals surface area contributed by atoms with Crippen LogP contribution in [-0.4, -0.2) is 43.0 Å². The van der Waals surface area contributed by atoms with Gasteiger partial charge in [0, 0.05) is 6.54 Å². The molecule has 1 fully saturated rings. The quantitative estimate of drug-likeness (QED) is 0.151. The molecule has 1 aliphatic heterocycles. The summed E-state index contributed by atoms with van der Waals surface area (Å²) in [7, 11) is -5.84. The molecule has 8 heteroatoms. The zero-order valence-electron chi connectivity index (χ0n) is 19.8. The second kappa shape index (κ2) is 18.1. The van der Waals surface area contributed by atoms with E-state index >= 15 is 0 Å². The van der Waals surface area contributed by atoms with Crippen molar-refractivity contribution in [3.05, 3.63) is 0 Å². The van der Waals surface area contributed by atoms with Crippen molar-refractivity contribution in [1.29, 1.82) is 0 Å². The average molecular weight is 474 g/mol. The molecule has 0 aromatic carbocycles. The number of hydrogen-bond acceptors (Lipinski definition) is 3. The zero-order valence-corrected chi connectivity index (χ0v) is 20.6. The molecule has 0 bridgehead atoms. The monoisotopic (exact) mass is 473 g/mol. The van der Waals surface area contributed by atoms with Gasteiger partial charge in [0.15, 0.2) is 0 Å². The van der Waals surface area contributed by atoms with E-state index in [1.165, 1.54) is 122 Å². The smallest absolute Gasteiger partial charge is 0.303 e. The summed E-state index contributed by atoms with van der Waals surface area (Å²) in [6, 6.07) is 0. The predicted octanol–water partition coefficient (Wildman–Crippen LogP) is 7.59. The van der Waals surface area contributed by atoms with Crippen molar-refractivity contribution in [2.24, 2.45) is 5.92 Å². The second-order valence-corrected chi connectivity index (χ2v) is 10.5. The fourth-order valence-electron chi connectivity index (χ4n) is 4.02. The number of likely N-dealkylation sites (tertiary alicyclic amines) is 1. The molecule has 1 N–H and O–H groups in total. The van der Waals surface area contributed by atoms with Gasteiger partial charge < -0.3 is 4.90 Å². The summed E-state index contributed by atoms with van der Waals surface area (Å²) in [5, 5.41) is 0. The molecule has 1 heterocycles. The summed E-state index contributed by atoms with van der Waals surface area (Å²) in [5.41, 5.74) is -5.53. The maximum atomic E-state index is 10.7. The first kappa shape index (κ1) is 30.7. The van der Waals surface area contributed by atoms with Gasteiger partial charge in [-0.3, -0.25) is 4.55 Å². The van der Waals surface area contributed by atoms with Gasteiger partial charge in [-0.2, -0.15) is 21.6 Å². The molecule has 1 saturated heterocycles. The van der Waals surface area contributed by atoms with Crippen LogP contribution in [0.2, 0.25) is 0 Å². The predicted molar refractivity (Wildman–Crippen MR) is 123 cm³/mol. The lowest BCUT2D eigenvalue weighted by molar-refractivity contribution is -0.0510. The van der Waals surface area contributed by atoms with E-state index < -0.39 is 15.6 Å². The standard InChI is InChI=1S/C22H45N.CHF3O3S/c1-3-4-5-6-7-8-9-10-11-12-13-14-15-16-19-23-20-17-18-22(2)21-23;2-1(3,4)8(5,6)7/h22H,3-21H2,1-2H3;(H,5,6,7). The highest BCUT2D eigenvalue weighted by Gasteiger charge is 2.44. The van der Waals surface area contributed by atoms with E-state index in [1.54, 1.807) is 0 Å². The van der Waals surface area contributed by atoms with Gasteiger partial charge in [-0.1, -0.05) is 97.3 Å². The molecule has 0 radical (unpaired) electrons. The van der Waals surface area contributed by atoms with E-state index in [1.807, 2.05) is 0 Å². The summed E-state index contributed by atoms with van der Waals surface area (Å²) in [5.74, 6) is 0.940. The number of hydrogen-bond donors (Lipinski definition) is 1. The lowest BCUT2D eigenvalue weighted by Crippen LogP contribution is -2.34. The number of rotatable bonds is 15. The molecule has 31 heavy (non-hydrogen) atoms. The maximum absolute atomic E-state index is 10.7. The Morgan fingerprint density at radius 1 is 0.839 bits per heavy atom. The number of nitrogens with zero attached hydrogens (tertiary/aromatic N) is 1. The summed E-state index contributed by atoms with van der Waals surface area (Å²) >= 11 is 0. The van der Waals surface area contributed by atoms with Gasteiger partial charge in [-0.15, -0.1) is 0 Å². The van der Waals surface area contributed by atoms with Crippen LogP contribution in [0, 0.1) is 5.92 Å². The lowest BCUT2D eigenvalue weighted by Gasteiger charge is -2.30. The summed E-state index contributed by atoms with van der Waals surface area (Å²) in [6.45, 7) is 8.80. The molecule has 4 nitrogen and oxygen atoms in total. The number of alkyl halides is 3. The molecular formula is C23H46F3NO3S. The van der Waals surface area contributed by atoms with Crippen molar-refractivity contribution in [1.82, 2.24) is 4.90 Å². The van der Waals surface area contributed by atoms with E-state index in [0.717, 1.165) is 5.92 Å². The minimum Gasteiger partial charge on any atom is -0.303 e. The van der Waals surface area contributed by atoms with Crippen molar-refractivity contribution in [3.8, 4) is 0 Å². The molecule has 0 saturated carbocycles. The van der Waals surface area contributed by atoms with Crippen LogP contribution in [0.3, 0.4) is 0 Å². The molecule has 188 valence electrons. The lowest BCUT2D eigenvalue weighted by atomic mass is 10.00. The maximum Gasteiger partial charge on any atom is 0.522 e. The Hall–Kier alpha value is -0.340. The Balaban J connectivity index is 0.000000954. The van der Waals surface area contributed by atoms with Crippen LogP contribution in [0.5, 0.6) is 0 Å². The zero-order chi connectivity index (χ0) is 23.6. The molecule has 1 rings (SSSR count). The normalized spacial score (nSPS) is 17.9. The highest BCUT2D eigenvalue weighted by molar-refractivity contribution is 7.86. The van der Waals surface area contributed by atoms with Crippen LogP contribution in [0.4, 0.5) is 13.2 Å². The van der Waals surface area contributed by atoms with Crippen molar-refractivity contribution in [3.63, 3.8) is 0 Å². The highest BCUT2D eigenvalue weighted by Crippen LogP contribution is 2.20. The van der Waals surface area contributed by atoms with Gasteiger partial charge in [0.05, 0.1) is 0 Å². The first-order chi connectivity index (χ1) is 14.6. The third kappa shape index (κ3) is 18.9. The molecule has 0 aromatic rings. The van der Waals surface area contributed by atoms with Gasteiger partial charge in [-0.05, 0) is 38.3 Å². The second-order valence-electron chi connectivity index (χ2n) is 9.07. The van der Waals surface area contributed by atoms with Crippen molar-refractivity contribution in [2.75, 3.05) is 19.6 Å². The van der Waals surface area contributed by atoms with Gasteiger partial charge in [-0.25, -0.2) is 0 Å². The Kier molecular flexibility index (Phi) is 17.9. The van der Waals surface area contributed by atoms with E-state index in [9.17, 15) is 13.2 Å². The van der Waals surface area contributed by atoms with E-state index in [2.05, 4.69) is 18.7 Å². The molecule has 0 aromatic heterocycles. The van der Waals surface area contributed by atoms with Crippen LogP contribution >= 0.6 is 0 Å². The number of unbranched alkanes of at least 4 members (excludes halogenated alkanes) is 13. The van der Waals surface area contributed by atoms with Crippen LogP contribution in [0.25, 0.3) is 0 Å². The summed E-state index contributed by atoms with van der Waals surface area (Å²) < 4.78 is 57.5. The van der Waals surface area contributed by atoms with Crippen LogP contribution in [0.15, 0.2) is 0 Å². The van der Waals surface area contributed by atoms with Gasteiger partial charge in [0.1, 0.15) is 0 Å². The summed E-state index contributed by atoms with van der Waals surface area (Å²) in [6.07, 6.45) is 23.4. The molecule has 1 unspecified atom stereocenters. The van der Waals surface area contributed by atoms with Crippen LogP contribution in [0.1, 0.15) is 117 Å². The van der Waals surface area contributed by atoms with Crippen molar-refractivity contribution >= 4 is 10.1 Å². The fourth-order valence-corrected chi connectivity index (χ4v) is 4.02. The molecule has 0 aliphatic carbocycles. The largest absolute Gasteiger partial charge is 0.522 e. The first-order valence-corrected chi connectivity index (χ1v) is 13.8. The van der Waals surface area contributed by atoms with Crippen LogP contribution in [-0.2, 0) is 10.1 Å². The Morgan fingerprint density at radius 3 is 1.58 bits per heavy atom. The minimum absolute atomic E-state index is 0.940. The van der Waals surface area contributed by atoms with Gasteiger partial charge in [0.25, 0.3) is 0 Å². The van der Waals surface area contributed by atoms with E-state index in [0.29, 0.717) is 0 Å². The average Bonchev–Trinajstić information content (AvgIpc) is 2.67. The minimum atomic E-state index is -5.84. The Labute approximate surface area is 189 Å². The molecule has 0 spiro atoms. The topological polar surface area (TPSA) is 57.6 Å². The molecule has 0 amide bonds. The SMILES string of the molecule is CCCCCCCCCCCCCCCCN1CCCC(C)C1.O=S(=O)(O)C(F)(F)F. The molecule has 1 atom stereocenters. The van der Waals surface area contributed by atoms with E-state index in [-0.39, 0.29) is 0 Å². The third-order valence-corrected chi connectivity index (χ3v) is 6.45. The number of piperidine rings is 1. The van der Waals surface area contributed by atoms with Gasteiger partial charge >= 0.3 is 15.6 Å². The third-order valence-electron chi connectivity index (χ3n) is 5.86. The fraction of sp³-hybridized carbons (Fsp3) is 1.00. The van der Waals surface area contributed by atoms with Crippen LogP contribution < -0.4 is 0 Å². The molecule has 1 aliphatic rings. The number of halogens is 3. The van der Waals surface area contributed by atoms with E-state index in [4.69, 9.17) is 13.0 Å². The highest BCUT2D eigenvalue weighted by atomic mass is 32.2. The van der Waals surface area contributed by atoms with Gasteiger partial charge in [0.2, 0.25) is 0 Å². The van der Waals surface area contributed by atoms with Crippen molar-refractivity contribution < 1.29 is 26.1 Å².